The third kappa shape index (κ3) is 3.92. The average molecular weight is 429 g/mol. The zero-order valence-corrected chi connectivity index (χ0v) is 17.3. The molecule has 10 heteroatoms. The highest BCUT2D eigenvalue weighted by molar-refractivity contribution is 6.10. The Balaban J connectivity index is 1.67. The first-order valence-corrected chi connectivity index (χ1v) is 9.71. The highest BCUT2D eigenvalue weighted by Crippen LogP contribution is 2.34. The van der Waals surface area contributed by atoms with Gasteiger partial charge in [0.1, 0.15) is 6.61 Å². The number of carbonyl (C=O) groups excluding carboxylic acids is 1. The predicted octanol–water partition coefficient (Wildman–Crippen LogP) is 3.48. The molecule has 31 heavy (non-hydrogen) atoms. The number of aryl methyl sites for hydroxylation is 2. The molecule has 0 saturated heterocycles. The van der Waals surface area contributed by atoms with Crippen LogP contribution in [0.25, 0.3) is 11.3 Å². The van der Waals surface area contributed by atoms with Crippen LogP contribution in [0.5, 0.6) is 11.6 Å². The fourth-order valence-electron chi connectivity index (χ4n) is 3.50. The van der Waals surface area contributed by atoms with Crippen molar-refractivity contribution >= 4 is 11.6 Å². The average Bonchev–Trinajstić information content (AvgIpc) is 3.36. The lowest BCUT2D eigenvalue weighted by Gasteiger charge is -2.12. The first-order chi connectivity index (χ1) is 14.9. The minimum Gasteiger partial charge on any atom is -0.482 e. The van der Waals surface area contributed by atoms with Crippen LogP contribution in [0, 0.1) is 6.92 Å². The standard InChI is InChI=1S/C21H21F2N5O3/c1-4-27-9-14(8-25-27)28-10-16-19(21(28)29)12(2)5-15(26-16)13-6-17(31-11-18(22)23)20(30-3)24-7-13/h5-9,18H,4,10-11H2,1-3H3. The van der Waals surface area contributed by atoms with Crippen molar-refractivity contribution in [1.29, 1.82) is 0 Å². The van der Waals surface area contributed by atoms with E-state index in [-0.39, 0.29) is 17.5 Å². The van der Waals surface area contributed by atoms with E-state index in [1.165, 1.54) is 13.3 Å². The third-order valence-electron chi connectivity index (χ3n) is 4.99. The zero-order chi connectivity index (χ0) is 22.1. The molecule has 0 N–H and O–H groups in total. The number of nitrogens with zero attached hydrogens (tertiary/aromatic N) is 5. The number of carbonyl (C=O) groups is 1. The number of rotatable bonds is 7. The molecule has 0 radical (unpaired) electrons. The molecule has 0 atom stereocenters. The van der Waals surface area contributed by atoms with Crippen molar-refractivity contribution in [2.45, 2.75) is 33.4 Å². The summed E-state index contributed by atoms with van der Waals surface area (Å²) in [5.41, 5.74) is 3.80. The van der Waals surface area contributed by atoms with Gasteiger partial charge in [0.05, 0.1) is 42.5 Å². The monoisotopic (exact) mass is 429 g/mol. The number of aromatic nitrogens is 4. The number of hydrogen-bond acceptors (Lipinski definition) is 6. The number of anilines is 1. The molecule has 0 aliphatic carbocycles. The molecule has 0 aromatic carbocycles. The summed E-state index contributed by atoms with van der Waals surface area (Å²) in [6.45, 7) is 4.06. The first-order valence-electron chi connectivity index (χ1n) is 9.71. The van der Waals surface area contributed by atoms with E-state index in [4.69, 9.17) is 9.47 Å². The molecule has 0 saturated carbocycles. The van der Waals surface area contributed by atoms with E-state index >= 15 is 0 Å². The highest BCUT2D eigenvalue weighted by atomic mass is 19.3. The van der Waals surface area contributed by atoms with Gasteiger partial charge < -0.3 is 9.47 Å². The molecule has 0 fully saturated rings. The Morgan fingerprint density at radius 2 is 2.06 bits per heavy atom. The van der Waals surface area contributed by atoms with Crippen LogP contribution in [0.3, 0.4) is 0 Å². The number of amides is 1. The Kier molecular flexibility index (Phi) is 5.53. The molecule has 0 bridgehead atoms. The fourth-order valence-corrected chi connectivity index (χ4v) is 3.50. The number of methoxy groups -OCH3 is 1. The van der Waals surface area contributed by atoms with Crippen LogP contribution in [-0.4, -0.2) is 45.8 Å². The van der Waals surface area contributed by atoms with Gasteiger partial charge >= 0.3 is 0 Å². The maximum atomic E-state index is 13.0. The molecular formula is C21H21F2N5O3. The normalized spacial score (nSPS) is 13.1. The lowest BCUT2D eigenvalue weighted by molar-refractivity contribution is 0.0801. The van der Waals surface area contributed by atoms with Gasteiger partial charge in [-0.25, -0.2) is 13.8 Å². The van der Waals surface area contributed by atoms with Crippen molar-refractivity contribution in [3.05, 3.63) is 47.5 Å². The van der Waals surface area contributed by atoms with Gasteiger partial charge in [-0.1, -0.05) is 0 Å². The molecule has 4 heterocycles. The van der Waals surface area contributed by atoms with Crippen LogP contribution >= 0.6 is 0 Å². The molecule has 3 aromatic heterocycles. The Labute approximate surface area is 177 Å². The molecule has 0 spiro atoms. The Hall–Kier alpha value is -3.56. The molecule has 1 amide bonds. The van der Waals surface area contributed by atoms with E-state index in [1.54, 1.807) is 27.9 Å². The zero-order valence-electron chi connectivity index (χ0n) is 17.3. The van der Waals surface area contributed by atoms with Gasteiger partial charge in [-0.2, -0.15) is 5.10 Å². The van der Waals surface area contributed by atoms with Crippen molar-refractivity contribution < 1.29 is 23.0 Å². The van der Waals surface area contributed by atoms with Gasteiger partial charge in [0.15, 0.2) is 5.75 Å². The smallest absolute Gasteiger partial charge is 0.272 e. The topological polar surface area (TPSA) is 82.4 Å². The lowest BCUT2D eigenvalue weighted by atomic mass is 10.0. The number of fused-ring (bicyclic) bond motifs is 1. The first kappa shape index (κ1) is 20.7. The fraction of sp³-hybridized carbons (Fsp3) is 0.333. The van der Waals surface area contributed by atoms with Crippen LogP contribution < -0.4 is 14.4 Å². The van der Waals surface area contributed by atoms with Gasteiger partial charge in [0.25, 0.3) is 18.2 Å². The second-order valence-electron chi connectivity index (χ2n) is 7.03. The second-order valence-corrected chi connectivity index (χ2v) is 7.03. The number of ether oxygens (including phenoxy) is 2. The van der Waals surface area contributed by atoms with Crippen LogP contribution in [0.15, 0.2) is 30.7 Å². The van der Waals surface area contributed by atoms with Gasteiger partial charge in [0.2, 0.25) is 0 Å². The Bertz CT molecular complexity index is 1130. The summed E-state index contributed by atoms with van der Waals surface area (Å²) in [5, 5.41) is 4.23. The summed E-state index contributed by atoms with van der Waals surface area (Å²) in [6.07, 6.45) is 2.38. The van der Waals surface area contributed by atoms with Gasteiger partial charge in [-0.3, -0.25) is 19.4 Å². The molecule has 4 rings (SSSR count). The second kappa shape index (κ2) is 8.29. The summed E-state index contributed by atoms with van der Waals surface area (Å²) in [7, 11) is 1.38. The summed E-state index contributed by atoms with van der Waals surface area (Å²) in [6, 6.07) is 3.33. The summed E-state index contributed by atoms with van der Waals surface area (Å²) in [4.78, 5) is 23.4. The number of hydrogen-bond donors (Lipinski definition) is 0. The largest absolute Gasteiger partial charge is 0.482 e. The SMILES string of the molecule is CCn1cc(N2Cc3nc(-c4cnc(OC)c(OCC(F)F)c4)cc(C)c3C2=O)cn1. The van der Waals surface area contributed by atoms with Crippen LogP contribution in [0.2, 0.25) is 0 Å². The molecular weight excluding hydrogens is 408 g/mol. The molecule has 162 valence electrons. The van der Waals surface area contributed by atoms with E-state index in [1.807, 2.05) is 20.0 Å². The third-order valence-corrected chi connectivity index (χ3v) is 4.99. The quantitative estimate of drug-likeness (QED) is 0.572. The number of pyridine rings is 2. The van der Waals surface area contributed by atoms with Crippen molar-refractivity contribution in [3.8, 4) is 22.9 Å². The lowest BCUT2D eigenvalue weighted by Crippen LogP contribution is -2.22. The number of halogens is 2. The molecule has 1 aliphatic heterocycles. The van der Waals surface area contributed by atoms with Crippen molar-refractivity contribution in [1.82, 2.24) is 19.7 Å². The maximum absolute atomic E-state index is 13.0. The molecule has 3 aromatic rings. The minimum atomic E-state index is -2.62. The van der Waals surface area contributed by atoms with E-state index in [2.05, 4.69) is 15.1 Å². The molecule has 0 unspecified atom stereocenters. The van der Waals surface area contributed by atoms with E-state index in [0.717, 1.165) is 5.56 Å². The summed E-state index contributed by atoms with van der Waals surface area (Å²) >= 11 is 0. The van der Waals surface area contributed by atoms with Gasteiger partial charge in [-0.05, 0) is 31.5 Å². The van der Waals surface area contributed by atoms with Crippen LogP contribution in [0.4, 0.5) is 14.5 Å². The van der Waals surface area contributed by atoms with Crippen LogP contribution in [-0.2, 0) is 13.1 Å². The Morgan fingerprint density at radius 1 is 1.26 bits per heavy atom. The van der Waals surface area contributed by atoms with Crippen molar-refractivity contribution in [2.75, 3.05) is 18.6 Å². The molecule has 8 nitrogen and oxygen atoms in total. The Morgan fingerprint density at radius 3 is 2.74 bits per heavy atom. The van der Waals surface area contributed by atoms with Gasteiger partial charge in [-0.15, -0.1) is 0 Å². The summed E-state index contributed by atoms with van der Waals surface area (Å²) < 4.78 is 37.1. The highest BCUT2D eigenvalue weighted by Gasteiger charge is 2.32. The van der Waals surface area contributed by atoms with E-state index in [0.29, 0.717) is 41.3 Å². The maximum Gasteiger partial charge on any atom is 0.272 e. The van der Waals surface area contributed by atoms with Crippen LogP contribution in [0.1, 0.15) is 28.5 Å². The number of alkyl halides is 2. The van der Waals surface area contributed by atoms with Gasteiger partial charge in [0, 0.05) is 24.5 Å². The van der Waals surface area contributed by atoms with E-state index in [9.17, 15) is 13.6 Å². The summed E-state index contributed by atoms with van der Waals surface area (Å²) in [5.74, 6) is 0.0810. The predicted molar refractivity (Wildman–Crippen MR) is 109 cm³/mol. The minimum absolute atomic E-state index is 0.102. The van der Waals surface area contributed by atoms with Crippen molar-refractivity contribution in [3.63, 3.8) is 0 Å². The molecule has 1 aliphatic rings. The van der Waals surface area contributed by atoms with Crippen molar-refractivity contribution in [2.24, 2.45) is 0 Å². The van der Waals surface area contributed by atoms with E-state index < -0.39 is 13.0 Å².